The fraction of sp³-hybridized carbons (Fsp3) is 0.333. The summed E-state index contributed by atoms with van der Waals surface area (Å²) >= 11 is 1.80. The molecule has 148 valence electrons. The van der Waals surface area contributed by atoms with Gasteiger partial charge in [0.1, 0.15) is 0 Å². The van der Waals surface area contributed by atoms with Crippen LogP contribution < -0.4 is 24.8 Å². The van der Waals surface area contributed by atoms with E-state index in [9.17, 15) is 0 Å². The second-order valence-corrected chi connectivity index (χ2v) is 14.5. The molecule has 0 nitrogen and oxygen atoms in total. The fourth-order valence-corrected chi connectivity index (χ4v) is 3.46. The van der Waals surface area contributed by atoms with Crippen LogP contribution in [0.15, 0.2) is 48.6 Å². The maximum absolute atomic E-state index is 3.45. The average molecular weight is 507 g/mol. The second-order valence-electron chi connectivity index (χ2n) is 6.68. The van der Waals surface area contributed by atoms with Crippen LogP contribution in [0.5, 0.6) is 0 Å². The van der Waals surface area contributed by atoms with E-state index in [1.807, 2.05) is 12.2 Å². The van der Waals surface area contributed by atoms with Crippen molar-refractivity contribution in [2.24, 2.45) is 0 Å². The van der Waals surface area contributed by atoms with Gasteiger partial charge < -0.3 is 24.8 Å². The summed E-state index contributed by atoms with van der Waals surface area (Å²) in [6.45, 7) is 8.85. The quantitative estimate of drug-likeness (QED) is 0.352. The van der Waals surface area contributed by atoms with Crippen LogP contribution >= 0.6 is 0 Å². The van der Waals surface area contributed by atoms with E-state index in [1.165, 1.54) is 45.5 Å². The molecule has 0 atom stereocenters. The number of aryl methyl sites for hydroxylation is 2. The average Bonchev–Trinajstić information content (AvgIpc) is 3.31. The number of hydrogen-bond acceptors (Lipinski definition) is 0. The molecule has 0 spiro atoms. The minimum Gasteiger partial charge on any atom is -1.00 e. The van der Waals surface area contributed by atoms with Gasteiger partial charge in [0.25, 0.3) is 0 Å². The standard InChI is InChI=1S/C15H13.C5H5.C4H10Si.2ClH.Zr/c1-10-3-5-14-12(7-10)9-13-8-11(2)4-6-15(13)14;1-2-4-5-3-1;1-3-5-4-2;;;/h3-7H,9H2,1-2H3;1-3H,4H2;3-4H2,1-2H3;2*1H;/q2*-1;;;;+2/p-2. The van der Waals surface area contributed by atoms with E-state index in [0.29, 0.717) is 0 Å². The van der Waals surface area contributed by atoms with Gasteiger partial charge in [-0.2, -0.15) is 29.8 Å². The Balaban J connectivity index is 0.000000473. The zero-order valence-corrected chi connectivity index (χ0v) is 22.2. The molecule has 0 unspecified atom stereocenters. The molecule has 0 aromatic heterocycles. The zero-order chi connectivity index (χ0) is 18.9. The smallest absolute Gasteiger partial charge is 0.0253 e. The summed E-state index contributed by atoms with van der Waals surface area (Å²) < 4.78 is 0. The van der Waals surface area contributed by atoms with Gasteiger partial charge in [-0.3, -0.25) is 6.08 Å². The van der Waals surface area contributed by atoms with Crippen molar-refractivity contribution in [3.63, 3.8) is 0 Å². The van der Waals surface area contributed by atoms with Crippen LogP contribution in [-0.4, -0.2) is 5.43 Å². The van der Waals surface area contributed by atoms with Crippen LogP contribution in [-0.2, 0) is 29.8 Å². The molecule has 0 heterocycles. The molecule has 0 amide bonds. The molecule has 2 aliphatic carbocycles. The summed E-state index contributed by atoms with van der Waals surface area (Å²) in [4.78, 5) is 0. The molecular weight excluding hydrogens is 478 g/mol. The molecule has 2 aliphatic rings. The minimum absolute atomic E-state index is 0. The first kappa shape index (κ1) is 27.6. The van der Waals surface area contributed by atoms with Crippen molar-refractivity contribution in [1.29, 1.82) is 0 Å². The summed E-state index contributed by atoms with van der Waals surface area (Å²) in [5, 5.41) is 0. The van der Waals surface area contributed by atoms with E-state index >= 15 is 0 Å². The van der Waals surface area contributed by atoms with Gasteiger partial charge in [-0.1, -0.05) is 36.2 Å². The van der Waals surface area contributed by atoms with Crippen LogP contribution in [0.25, 0.3) is 11.1 Å². The molecule has 28 heavy (non-hydrogen) atoms. The number of hydrogen-bond donors (Lipinski definition) is 0. The number of halogens is 2. The Kier molecular flexibility index (Phi) is 14.4. The van der Waals surface area contributed by atoms with Crippen molar-refractivity contribution in [3.8, 4) is 11.1 Å². The Bertz CT molecular complexity index is 760. The molecule has 0 bridgehead atoms. The molecule has 0 radical (unpaired) electrons. The van der Waals surface area contributed by atoms with Gasteiger partial charge in [0.15, 0.2) is 0 Å². The Morgan fingerprint density at radius 2 is 1.68 bits per heavy atom. The van der Waals surface area contributed by atoms with Crippen molar-refractivity contribution in [1.82, 2.24) is 0 Å². The monoisotopic (exact) mass is 504 g/mol. The Morgan fingerprint density at radius 3 is 2.18 bits per heavy atom. The van der Waals surface area contributed by atoms with Gasteiger partial charge in [0.05, 0.1) is 0 Å². The van der Waals surface area contributed by atoms with Gasteiger partial charge in [0, 0.05) is 0 Å². The largest absolute Gasteiger partial charge is 1.00 e. The number of allylic oxidation sites excluding steroid dienone is 4. The van der Waals surface area contributed by atoms with E-state index in [-0.39, 0.29) is 30.2 Å². The van der Waals surface area contributed by atoms with Crippen molar-refractivity contribution in [3.05, 3.63) is 83.0 Å². The molecular formula is C24H28Cl2SiZr-2. The van der Waals surface area contributed by atoms with Crippen molar-refractivity contribution in [2.75, 3.05) is 0 Å². The van der Waals surface area contributed by atoms with E-state index in [1.54, 1.807) is 23.3 Å². The summed E-state index contributed by atoms with van der Waals surface area (Å²) in [5.74, 6) is 0. The van der Waals surface area contributed by atoms with Gasteiger partial charge in [-0.25, -0.2) is 12.2 Å². The molecule has 2 aromatic rings. The zero-order valence-electron chi connectivity index (χ0n) is 17.2. The first-order valence-electron chi connectivity index (χ1n) is 9.44. The van der Waals surface area contributed by atoms with Gasteiger partial charge >= 0.3 is 54.7 Å². The van der Waals surface area contributed by atoms with E-state index in [0.717, 1.165) is 12.8 Å². The predicted molar refractivity (Wildman–Crippen MR) is 111 cm³/mol. The van der Waals surface area contributed by atoms with E-state index < -0.39 is 0 Å². The van der Waals surface area contributed by atoms with Crippen molar-refractivity contribution < 1.29 is 48.1 Å². The third-order valence-corrected chi connectivity index (χ3v) is 11.5. The predicted octanol–water partition coefficient (Wildman–Crippen LogP) is 0.553. The summed E-state index contributed by atoms with van der Waals surface area (Å²) in [6, 6.07) is 17.5. The molecule has 0 saturated carbocycles. The van der Waals surface area contributed by atoms with Crippen molar-refractivity contribution in [2.45, 2.75) is 52.6 Å². The second kappa shape index (κ2) is 14.6. The fourth-order valence-electron chi connectivity index (χ4n) is 2.96. The topological polar surface area (TPSA) is 0 Å². The number of benzene rings is 2. The molecule has 0 saturated heterocycles. The van der Waals surface area contributed by atoms with Crippen LogP contribution in [0.2, 0.25) is 12.1 Å². The normalized spacial score (nSPS) is 11.6. The Labute approximate surface area is 199 Å². The third kappa shape index (κ3) is 8.54. The van der Waals surface area contributed by atoms with Crippen molar-refractivity contribution >= 4 is 5.43 Å². The summed E-state index contributed by atoms with van der Waals surface area (Å²) in [5.41, 5.74) is 8.38. The molecule has 4 heteroatoms. The van der Waals surface area contributed by atoms with Crippen LogP contribution in [0.4, 0.5) is 0 Å². The molecule has 4 rings (SSSR count). The van der Waals surface area contributed by atoms with Crippen LogP contribution in [0.1, 0.15) is 42.5 Å². The van der Waals surface area contributed by atoms with E-state index in [2.05, 4.69) is 76.2 Å². The maximum atomic E-state index is 3.45. The molecule has 0 N–H and O–H groups in total. The van der Waals surface area contributed by atoms with Crippen LogP contribution in [0.3, 0.4) is 0 Å². The Morgan fingerprint density at radius 1 is 1.00 bits per heavy atom. The molecule has 2 aromatic carbocycles. The first-order valence-corrected chi connectivity index (χ1v) is 15.0. The van der Waals surface area contributed by atoms with Gasteiger partial charge in [-0.05, 0) is 18.9 Å². The Hall–Kier alpha value is -0.400. The summed E-state index contributed by atoms with van der Waals surface area (Å²) in [6.07, 6.45) is 11.0. The summed E-state index contributed by atoms with van der Waals surface area (Å²) in [7, 11) is 0. The van der Waals surface area contributed by atoms with Gasteiger partial charge in [0.2, 0.25) is 0 Å². The van der Waals surface area contributed by atoms with Crippen LogP contribution in [0, 0.1) is 26.0 Å². The SMILES string of the molecule is CC[Si](=[Zr+2])CC.Cc1[c-]c2c(cc1)-c1ccc(C)cc1C2.[C-]1=CC=CC1.[Cl-].[Cl-]. The number of fused-ring (bicyclic) bond motifs is 3. The maximum Gasteiger partial charge on any atom is -0.0253 e. The van der Waals surface area contributed by atoms with E-state index in [4.69, 9.17) is 0 Å². The molecule has 0 aliphatic heterocycles. The van der Waals surface area contributed by atoms with Gasteiger partial charge in [-0.15, -0.1) is 17.5 Å². The number of rotatable bonds is 2. The third-order valence-electron chi connectivity index (χ3n) is 4.53. The molecule has 0 fully saturated rings. The minimum atomic E-state index is 0. The first-order chi connectivity index (χ1) is 12.5.